The van der Waals surface area contributed by atoms with Gasteiger partial charge in [0.2, 0.25) is 11.8 Å². The van der Waals surface area contributed by atoms with E-state index < -0.39 is 0 Å². The second kappa shape index (κ2) is 7.44. The quantitative estimate of drug-likeness (QED) is 0.783. The van der Waals surface area contributed by atoms with Crippen molar-refractivity contribution in [1.29, 1.82) is 0 Å². The van der Waals surface area contributed by atoms with Gasteiger partial charge in [-0.1, -0.05) is 0 Å². The molecule has 5 rings (SSSR count). The lowest BCUT2D eigenvalue weighted by Crippen LogP contribution is -2.61. The maximum Gasteiger partial charge on any atom is 0.225 e. The number of carbonyl (C=O) groups excluding carboxylic acids is 2. The highest BCUT2D eigenvalue weighted by molar-refractivity contribution is 5.79. The van der Waals surface area contributed by atoms with Crippen LogP contribution in [0, 0.1) is 23.7 Å². The summed E-state index contributed by atoms with van der Waals surface area (Å²) in [7, 11) is 0. The Bertz CT molecular complexity index is 714. The highest BCUT2D eigenvalue weighted by Gasteiger charge is 2.45. The monoisotopic (exact) mass is 386 g/mol. The molecule has 0 aromatic carbocycles. The Labute approximate surface area is 165 Å². The van der Waals surface area contributed by atoms with Gasteiger partial charge < -0.3 is 9.80 Å². The van der Waals surface area contributed by atoms with Crippen LogP contribution in [-0.2, 0) is 16.1 Å². The van der Waals surface area contributed by atoms with Crippen LogP contribution in [0.1, 0.15) is 51.4 Å². The van der Waals surface area contributed by atoms with Gasteiger partial charge in [0.25, 0.3) is 0 Å². The summed E-state index contributed by atoms with van der Waals surface area (Å²) in [6.45, 7) is 3.42. The van der Waals surface area contributed by atoms with Crippen LogP contribution in [0.5, 0.6) is 0 Å². The smallest absolute Gasteiger partial charge is 0.225 e. The number of rotatable bonds is 3. The third-order valence-electron chi connectivity index (χ3n) is 7.52. The van der Waals surface area contributed by atoms with Crippen molar-refractivity contribution in [2.45, 2.75) is 64.0 Å². The molecule has 4 aliphatic rings. The molecular weight excluding hydrogens is 356 g/mol. The summed E-state index contributed by atoms with van der Waals surface area (Å²) in [6.07, 6.45) is 9.81. The van der Waals surface area contributed by atoms with E-state index in [0.29, 0.717) is 42.0 Å². The predicted molar refractivity (Wildman–Crippen MR) is 101 cm³/mol. The molecule has 1 aliphatic carbocycles. The van der Waals surface area contributed by atoms with E-state index in [1.165, 1.54) is 6.42 Å². The molecule has 1 aromatic heterocycles. The summed E-state index contributed by atoms with van der Waals surface area (Å²) in [5.74, 6) is 2.40. The molecule has 1 saturated carbocycles. The number of piperidine rings is 3. The molecule has 0 spiro atoms. The van der Waals surface area contributed by atoms with Gasteiger partial charge in [-0.15, -0.1) is 5.10 Å². The van der Waals surface area contributed by atoms with Gasteiger partial charge in [-0.25, -0.2) is 4.68 Å². The molecule has 8 nitrogen and oxygen atoms in total. The first-order chi connectivity index (χ1) is 13.7. The van der Waals surface area contributed by atoms with E-state index in [1.54, 1.807) is 11.0 Å². The standard InChI is InChI=1S/C20H30N6O2/c27-19-3-1-2-18-17-8-15(11-26(18)19)9-24(12-17)20(28)16-6-4-14(5-7-16)10-25-13-21-22-23-25/h13-18H,1-12H2/t14?,15-,16?,17-,18+/m1/s1. The number of tetrazole rings is 1. The van der Waals surface area contributed by atoms with Gasteiger partial charge in [0.1, 0.15) is 6.33 Å². The average Bonchev–Trinajstić information content (AvgIpc) is 3.22. The number of amides is 2. The maximum absolute atomic E-state index is 13.2. The molecule has 1 aromatic rings. The van der Waals surface area contributed by atoms with Crippen LogP contribution in [0.15, 0.2) is 6.33 Å². The lowest BCUT2D eigenvalue weighted by Gasteiger charge is -2.52. The van der Waals surface area contributed by atoms with Crippen LogP contribution >= 0.6 is 0 Å². The largest absolute Gasteiger partial charge is 0.342 e. The summed E-state index contributed by atoms with van der Waals surface area (Å²) >= 11 is 0. The Morgan fingerprint density at radius 2 is 1.96 bits per heavy atom. The zero-order chi connectivity index (χ0) is 19.1. The minimum absolute atomic E-state index is 0.174. The van der Waals surface area contributed by atoms with Crippen LogP contribution in [-0.4, -0.2) is 67.5 Å². The zero-order valence-electron chi connectivity index (χ0n) is 16.4. The Kier molecular flexibility index (Phi) is 4.80. The fraction of sp³-hybridized carbons (Fsp3) is 0.850. The van der Waals surface area contributed by atoms with Crippen molar-refractivity contribution >= 4 is 11.8 Å². The summed E-state index contributed by atoms with van der Waals surface area (Å²) in [6, 6.07) is 0.375. The van der Waals surface area contributed by atoms with Crippen molar-refractivity contribution in [2.24, 2.45) is 23.7 Å². The fourth-order valence-electron chi connectivity index (χ4n) is 6.17. The number of aromatic nitrogens is 4. The van der Waals surface area contributed by atoms with Gasteiger partial charge in [0, 0.05) is 44.6 Å². The molecule has 3 saturated heterocycles. The van der Waals surface area contributed by atoms with E-state index in [2.05, 4.69) is 25.3 Å². The van der Waals surface area contributed by atoms with Crippen LogP contribution in [0.25, 0.3) is 0 Å². The molecule has 0 radical (unpaired) electrons. The Morgan fingerprint density at radius 3 is 2.75 bits per heavy atom. The van der Waals surface area contributed by atoms with E-state index in [1.807, 2.05) is 0 Å². The lowest BCUT2D eigenvalue weighted by molar-refractivity contribution is -0.151. The molecule has 2 amide bonds. The van der Waals surface area contributed by atoms with E-state index in [4.69, 9.17) is 0 Å². The summed E-state index contributed by atoms with van der Waals surface area (Å²) < 4.78 is 1.80. The SMILES string of the molecule is O=C(C1CCC(Cn2cnnn2)CC1)N1C[C@H]2C[C@H](C1)[C@@H]1CCCC(=O)N1C2. The van der Waals surface area contributed by atoms with Crippen molar-refractivity contribution in [3.05, 3.63) is 6.33 Å². The van der Waals surface area contributed by atoms with Crippen molar-refractivity contribution in [2.75, 3.05) is 19.6 Å². The Hall–Kier alpha value is -1.99. The van der Waals surface area contributed by atoms with Gasteiger partial charge in [-0.2, -0.15) is 0 Å². The number of likely N-dealkylation sites (tertiary alicyclic amines) is 1. The molecule has 28 heavy (non-hydrogen) atoms. The fourth-order valence-corrected chi connectivity index (χ4v) is 6.17. The third-order valence-corrected chi connectivity index (χ3v) is 7.52. The summed E-state index contributed by atoms with van der Waals surface area (Å²) in [5.41, 5.74) is 0. The number of carbonyl (C=O) groups is 2. The molecule has 0 N–H and O–H groups in total. The molecule has 4 fully saturated rings. The van der Waals surface area contributed by atoms with Gasteiger partial charge >= 0.3 is 0 Å². The topological polar surface area (TPSA) is 84.2 Å². The van der Waals surface area contributed by atoms with Crippen molar-refractivity contribution in [3.8, 4) is 0 Å². The van der Waals surface area contributed by atoms with Gasteiger partial charge in [-0.3, -0.25) is 9.59 Å². The van der Waals surface area contributed by atoms with E-state index in [0.717, 1.165) is 64.7 Å². The highest BCUT2D eigenvalue weighted by atomic mass is 16.2. The second-order valence-corrected chi connectivity index (χ2v) is 9.36. The number of nitrogens with zero attached hydrogens (tertiary/aromatic N) is 6. The summed E-state index contributed by atoms with van der Waals surface area (Å²) in [4.78, 5) is 29.8. The first kappa shape index (κ1) is 18.1. The first-order valence-electron chi connectivity index (χ1n) is 11.0. The first-order valence-corrected chi connectivity index (χ1v) is 11.0. The molecule has 3 aliphatic heterocycles. The van der Waals surface area contributed by atoms with Crippen molar-refractivity contribution < 1.29 is 9.59 Å². The molecule has 8 heteroatoms. The van der Waals surface area contributed by atoms with Crippen molar-refractivity contribution in [1.82, 2.24) is 30.0 Å². The lowest BCUT2D eigenvalue weighted by atomic mass is 9.75. The van der Waals surface area contributed by atoms with Crippen LogP contribution in [0.2, 0.25) is 0 Å². The number of hydrogen-bond donors (Lipinski definition) is 0. The minimum atomic E-state index is 0.174. The Balaban J connectivity index is 1.17. The molecule has 152 valence electrons. The molecule has 4 heterocycles. The van der Waals surface area contributed by atoms with E-state index in [9.17, 15) is 9.59 Å². The second-order valence-electron chi connectivity index (χ2n) is 9.36. The van der Waals surface area contributed by atoms with E-state index >= 15 is 0 Å². The van der Waals surface area contributed by atoms with Gasteiger partial charge in [-0.05, 0) is 73.1 Å². The van der Waals surface area contributed by atoms with Gasteiger partial charge in [0.15, 0.2) is 0 Å². The molecule has 2 bridgehead atoms. The highest BCUT2D eigenvalue weighted by Crippen LogP contribution is 2.39. The normalized spacial score (nSPS) is 35.6. The van der Waals surface area contributed by atoms with Crippen LogP contribution in [0.3, 0.4) is 0 Å². The molecular formula is C20H30N6O2. The Morgan fingerprint density at radius 1 is 1.11 bits per heavy atom. The van der Waals surface area contributed by atoms with Crippen LogP contribution in [0.4, 0.5) is 0 Å². The summed E-state index contributed by atoms with van der Waals surface area (Å²) in [5, 5.41) is 11.4. The van der Waals surface area contributed by atoms with Crippen molar-refractivity contribution in [3.63, 3.8) is 0 Å². The number of fused-ring (bicyclic) bond motifs is 4. The van der Waals surface area contributed by atoms with Gasteiger partial charge in [0.05, 0.1) is 0 Å². The zero-order valence-corrected chi connectivity index (χ0v) is 16.4. The predicted octanol–water partition coefficient (Wildman–Crippen LogP) is 1.34. The molecule has 0 unspecified atom stereocenters. The maximum atomic E-state index is 13.2. The van der Waals surface area contributed by atoms with Crippen LogP contribution < -0.4 is 0 Å². The van der Waals surface area contributed by atoms with E-state index in [-0.39, 0.29) is 5.92 Å². The third kappa shape index (κ3) is 3.42. The minimum Gasteiger partial charge on any atom is -0.342 e. The molecule has 3 atom stereocenters. The number of hydrogen-bond acceptors (Lipinski definition) is 5. The average molecular weight is 387 g/mol.